The van der Waals surface area contributed by atoms with Crippen LogP contribution in [0.2, 0.25) is 0 Å². The molecule has 8 heteroatoms. The molecule has 0 aliphatic carbocycles. The number of anilines is 1. The van der Waals surface area contributed by atoms with E-state index in [9.17, 15) is 13.2 Å². The van der Waals surface area contributed by atoms with Gasteiger partial charge in [0.2, 0.25) is 15.9 Å². The highest BCUT2D eigenvalue weighted by Crippen LogP contribution is 2.31. The zero-order chi connectivity index (χ0) is 24.7. The molecule has 1 aliphatic rings. The Balaban J connectivity index is 1.49. The normalized spacial score (nSPS) is 14.6. The highest BCUT2D eigenvalue weighted by molar-refractivity contribution is 7.89. The molecule has 4 rings (SSSR count). The van der Waals surface area contributed by atoms with E-state index >= 15 is 0 Å². The molecule has 0 radical (unpaired) electrons. The van der Waals surface area contributed by atoms with Crippen LogP contribution in [-0.4, -0.2) is 45.4 Å². The lowest BCUT2D eigenvalue weighted by atomic mass is 9.99. The van der Waals surface area contributed by atoms with Crippen LogP contribution in [0.5, 0.6) is 5.75 Å². The molecule has 0 bridgehead atoms. The molecule has 0 aromatic heterocycles. The maximum absolute atomic E-state index is 13.3. The monoisotopic (exact) mass is 493 g/mol. The number of amides is 1. The number of nitrogens with one attached hydrogen (secondary N) is 2. The average Bonchev–Trinajstić information content (AvgIpc) is 2.90. The molecule has 3 aromatic rings. The molecule has 35 heavy (non-hydrogen) atoms. The maximum atomic E-state index is 13.3. The van der Waals surface area contributed by atoms with Gasteiger partial charge in [0, 0.05) is 18.8 Å². The highest BCUT2D eigenvalue weighted by atomic mass is 32.2. The van der Waals surface area contributed by atoms with Gasteiger partial charge in [0.15, 0.2) is 0 Å². The van der Waals surface area contributed by atoms with Crippen LogP contribution < -0.4 is 15.4 Å². The second-order valence-corrected chi connectivity index (χ2v) is 10.4. The molecular weight excluding hydrogens is 462 g/mol. The van der Waals surface area contributed by atoms with Crippen LogP contribution in [0.1, 0.15) is 36.4 Å². The highest BCUT2D eigenvalue weighted by Gasteiger charge is 2.29. The van der Waals surface area contributed by atoms with Crippen LogP contribution >= 0.6 is 0 Å². The Morgan fingerprint density at radius 1 is 0.914 bits per heavy atom. The van der Waals surface area contributed by atoms with E-state index in [1.165, 1.54) is 17.5 Å². The van der Waals surface area contributed by atoms with Gasteiger partial charge in [-0.05, 0) is 42.2 Å². The summed E-state index contributed by atoms with van der Waals surface area (Å²) in [6.45, 7) is 1.04. The predicted molar refractivity (Wildman–Crippen MR) is 137 cm³/mol. The molecule has 1 aliphatic heterocycles. The Labute approximate surface area is 207 Å². The summed E-state index contributed by atoms with van der Waals surface area (Å²) in [5, 5.41) is 6.16. The van der Waals surface area contributed by atoms with E-state index in [1.54, 1.807) is 12.1 Å². The summed E-state index contributed by atoms with van der Waals surface area (Å²) < 4.78 is 33.3. The minimum atomic E-state index is -3.72. The summed E-state index contributed by atoms with van der Waals surface area (Å²) in [4.78, 5) is 12.9. The first-order chi connectivity index (χ1) is 17.0. The van der Waals surface area contributed by atoms with Crippen LogP contribution in [0.25, 0.3) is 0 Å². The van der Waals surface area contributed by atoms with Gasteiger partial charge in [-0.15, -0.1) is 0 Å². The van der Waals surface area contributed by atoms with E-state index in [0.29, 0.717) is 18.8 Å². The smallest absolute Gasteiger partial charge is 0.246 e. The van der Waals surface area contributed by atoms with Gasteiger partial charge in [-0.25, -0.2) is 8.42 Å². The molecule has 184 valence electrons. The van der Waals surface area contributed by atoms with Crippen molar-refractivity contribution in [2.75, 3.05) is 32.1 Å². The zero-order valence-electron chi connectivity index (χ0n) is 19.8. The first kappa shape index (κ1) is 24.9. The number of hydrogen-bond donors (Lipinski definition) is 2. The lowest BCUT2D eigenvalue weighted by molar-refractivity contribution is -0.115. The van der Waals surface area contributed by atoms with E-state index < -0.39 is 10.0 Å². The van der Waals surface area contributed by atoms with Gasteiger partial charge in [-0.1, -0.05) is 67.1 Å². The second-order valence-electron chi connectivity index (χ2n) is 8.51. The van der Waals surface area contributed by atoms with Crippen LogP contribution in [0.15, 0.2) is 83.8 Å². The van der Waals surface area contributed by atoms with Gasteiger partial charge in [-0.3, -0.25) is 10.1 Å². The van der Waals surface area contributed by atoms with Gasteiger partial charge >= 0.3 is 0 Å². The average molecular weight is 494 g/mol. The van der Waals surface area contributed by atoms with Crippen molar-refractivity contribution in [1.82, 2.24) is 9.62 Å². The molecule has 1 fully saturated rings. The largest absolute Gasteiger partial charge is 0.495 e. The fourth-order valence-electron chi connectivity index (χ4n) is 4.32. The number of ether oxygens (including phenoxy) is 1. The standard InChI is InChI=1S/C27H31N3O4S/c1-34-24-16-15-23(19-25(24)35(32,33)30-17-9-4-10-18-30)29-26(31)20-28-27(21-11-5-2-6-12-21)22-13-7-3-8-14-22/h2-3,5-8,11-16,19,27-28H,4,9-10,17-18,20H2,1H3,(H,29,31). The Bertz CT molecular complexity index is 1190. The molecule has 1 saturated heterocycles. The third-order valence-corrected chi connectivity index (χ3v) is 8.03. The molecular formula is C27H31N3O4S. The first-order valence-electron chi connectivity index (χ1n) is 11.8. The fraction of sp³-hybridized carbons (Fsp3) is 0.296. The maximum Gasteiger partial charge on any atom is 0.246 e. The third kappa shape index (κ3) is 6.08. The summed E-state index contributed by atoms with van der Waals surface area (Å²) in [7, 11) is -2.27. The number of methoxy groups -OCH3 is 1. The number of carbonyl (C=O) groups is 1. The molecule has 1 amide bonds. The van der Waals surface area contributed by atoms with Crippen LogP contribution in [0.4, 0.5) is 5.69 Å². The van der Waals surface area contributed by atoms with Gasteiger partial charge < -0.3 is 10.1 Å². The molecule has 0 saturated carbocycles. The van der Waals surface area contributed by atoms with Crippen molar-refractivity contribution in [2.45, 2.75) is 30.2 Å². The summed E-state index contributed by atoms with van der Waals surface area (Å²) in [6, 6.07) is 24.4. The summed E-state index contributed by atoms with van der Waals surface area (Å²) in [5.41, 5.74) is 2.50. The fourth-order valence-corrected chi connectivity index (χ4v) is 6.02. The number of carbonyl (C=O) groups excluding carboxylic acids is 1. The van der Waals surface area contributed by atoms with E-state index in [-0.39, 0.29) is 29.1 Å². The van der Waals surface area contributed by atoms with Crippen molar-refractivity contribution in [2.24, 2.45) is 0 Å². The van der Waals surface area contributed by atoms with Crippen LogP contribution in [0.3, 0.4) is 0 Å². The molecule has 7 nitrogen and oxygen atoms in total. The van der Waals surface area contributed by atoms with Crippen molar-refractivity contribution in [3.63, 3.8) is 0 Å². The molecule has 2 N–H and O–H groups in total. The van der Waals surface area contributed by atoms with Gasteiger partial charge in [-0.2, -0.15) is 4.31 Å². The number of piperidine rings is 1. The van der Waals surface area contributed by atoms with Crippen LogP contribution in [-0.2, 0) is 14.8 Å². The zero-order valence-corrected chi connectivity index (χ0v) is 20.6. The molecule has 3 aromatic carbocycles. The predicted octanol–water partition coefficient (Wildman–Crippen LogP) is 4.19. The second kappa shape index (κ2) is 11.5. The number of nitrogens with zero attached hydrogens (tertiary/aromatic N) is 1. The topological polar surface area (TPSA) is 87.7 Å². The molecule has 1 heterocycles. The quantitative estimate of drug-likeness (QED) is 0.467. The Morgan fingerprint density at radius 2 is 1.51 bits per heavy atom. The number of sulfonamides is 1. The number of rotatable bonds is 9. The summed E-state index contributed by atoms with van der Waals surface area (Å²) in [6.07, 6.45) is 2.71. The van der Waals surface area contributed by atoms with Gasteiger partial charge in [0.25, 0.3) is 0 Å². The van der Waals surface area contributed by atoms with E-state index in [2.05, 4.69) is 10.6 Å². The van der Waals surface area contributed by atoms with Crippen molar-refractivity contribution >= 4 is 21.6 Å². The van der Waals surface area contributed by atoms with Crippen molar-refractivity contribution in [3.05, 3.63) is 90.0 Å². The van der Waals surface area contributed by atoms with Crippen molar-refractivity contribution in [1.29, 1.82) is 0 Å². The third-order valence-electron chi connectivity index (χ3n) is 6.11. The number of benzene rings is 3. The van der Waals surface area contributed by atoms with Crippen molar-refractivity contribution < 1.29 is 17.9 Å². The Morgan fingerprint density at radius 3 is 2.09 bits per heavy atom. The number of hydrogen-bond acceptors (Lipinski definition) is 5. The molecule has 0 spiro atoms. The first-order valence-corrected chi connectivity index (χ1v) is 13.2. The summed E-state index contributed by atoms with van der Waals surface area (Å²) in [5.74, 6) is -0.00623. The van der Waals surface area contributed by atoms with Gasteiger partial charge in [0.1, 0.15) is 10.6 Å². The minimum absolute atomic E-state index is 0.0503. The van der Waals surface area contributed by atoms with E-state index in [4.69, 9.17) is 4.74 Å². The lowest BCUT2D eigenvalue weighted by Crippen LogP contribution is -2.36. The Kier molecular flexibility index (Phi) is 8.17. The van der Waals surface area contributed by atoms with Crippen molar-refractivity contribution in [3.8, 4) is 5.75 Å². The minimum Gasteiger partial charge on any atom is -0.495 e. The lowest BCUT2D eigenvalue weighted by Gasteiger charge is -2.26. The van der Waals surface area contributed by atoms with Crippen LogP contribution in [0, 0.1) is 0 Å². The van der Waals surface area contributed by atoms with E-state index in [0.717, 1.165) is 30.4 Å². The molecule has 0 unspecified atom stereocenters. The SMILES string of the molecule is COc1ccc(NC(=O)CNC(c2ccccc2)c2ccccc2)cc1S(=O)(=O)N1CCCCC1. The molecule has 0 atom stereocenters. The van der Waals surface area contributed by atoms with E-state index in [1.807, 2.05) is 60.7 Å². The summed E-state index contributed by atoms with van der Waals surface area (Å²) >= 11 is 0. The Hall–Kier alpha value is -3.20. The van der Waals surface area contributed by atoms with Gasteiger partial charge in [0.05, 0.1) is 19.7 Å².